The fraction of sp³-hybridized carbons (Fsp3) is 0.143. The largest absolute Gasteiger partial charge is 0.287 e. The first-order chi connectivity index (χ1) is 10.1. The van der Waals surface area contributed by atoms with Crippen molar-refractivity contribution in [2.75, 3.05) is 10.5 Å². The highest BCUT2D eigenvalue weighted by Gasteiger charge is 2.13. The summed E-state index contributed by atoms with van der Waals surface area (Å²) in [5.74, 6) is 0.0200. The van der Waals surface area contributed by atoms with Crippen LogP contribution in [-0.2, 0) is 16.4 Å². The van der Waals surface area contributed by atoms with E-state index < -0.39 is 10.0 Å². The van der Waals surface area contributed by atoms with Crippen molar-refractivity contribution in [3.05, 3.63) is 60.6 Å². The molecule has 0 bridgehead atoms. The highest BCUT2D eigenvalue weighted by atomic mass is 32.2. The number of hydrogen-bond acceptors (Lipinski definition) is 4. The van der Waals surface area contributed by atoms with Gasteiger partial charge < -0.3 is 0 Å². The van der Waals surface area contributed by atoms with Gasteiger partial charge in [-0.15, -0.1) is 10.2 Å². The smallest absolute Gasteiger partial charge is 0.233 e. The molecule has 2 aromatic heterocycles. The van der Waals surface area contributed by atoms with Crippen LogP contribution in [0, 0.1) is 0 Å². The van der Waals surface area contributed by atoms with Gasteiger partial charge in [-0.25, -0.2) is 8.42 Å². The maximum Gasteiger partial charge on any atom is 0.233 e. The first kappa shape index (κ1) is 13.6. The lowest BCUT2D eigenvalue weighted by Gasteiger charge is -2.08. The fourth-order valence-corrected chi connectivity index (χ4v) is 3.15. The van der Waals surface area contributed by atoms with Gasteiger partial charge in [0, 0.05) is 6.20 Å². The fourth-order valence-electron chi connectivity index (χ4n) is 2.05. The minimum atomic E-state index is -3.43. The average Bonchev–Trinajstić information content (AvgIpc) is 2.96. The molecule has 0 aliphatic rings. The van der Waals surface area contributed by atoms with Gasteiger partial charge in [0.05, 0.1) is 11.4 Å². The van der Waals surface area contributed by atoms with Crippen LogP contribution in [0.1, 0.15) is 5.56 Å². The Hall–Kier alpha value is -2.41. The van der Waals surface area contributed by atoms with E-state index in [1.165, 1.54) is 6.33 Å². The number of benzene rings is 1. The topological polar surface area (TPSA) is 76.4 Å². The van der Waals surface area contributed by atoms with Crippen molar-refractivity contribution in [1.29, 1.82) is 0 Å². The molecular formula is C14H14N4O2S. The van der Waals surface area contributed by atoms with Crippen LogP contribution < -0.4 is 4.72 Å². The lowest BCUT2D eigenvalue weighted by Crippen LogP contribution is -2.18. The van der Waals surface area contributed by atoms with Gasteiger partial charge in [0.25, 0.3) is 0 Å². The van der Waals surface area contributed by atoms with E-state index in [2.05, 4.69) is 14.9 Å². The zero-order chi connectivity index (χ0) is 14.7. The molecule has 1 aromatic carbocycles. The summed E-state index contributed by atoms with van der Waals surface area (Å²) < 4.78 is 28.6. The Bertz CT molecular complexity index is 844. The van der Waals surface area contributed by atoms with Crippen molar-refractivity contribution >= 4 is 21.4 Å². The summed E-state index contributed by atoms with van der Waals surface area (Å²) in [6.07, 6.45) is 3.75. The van der Waals surface area contributed by atoms with Gasteiger partial charge in [-0.3, -0.25) is 9.12 Å². The summed E-state index contributed by atoms with van der Waals surface area (Å²) >= 11 is 0. The third-order valence-electron chi connectivity index (χ3n) is 3.09. The van der Waals surface area contributed by atoms with E-state index in [1.54, 1.807) is 22.7 Å². The predicted octanol–water partition coefficient (Wildman–Crippen LogP) is 1.71. The van der Waals surface area contributed by atoms with E-state index in [4.69, 9.17) is 0 Å². The van der Waals surface area contributed by atoms with Gasteiger partial charge >= 0.3 is 0 Å². The quantitative estimate of drug-likeness (QED) is 0.778. The molecule has 21 heavy (non-hydrogen) atoms. The SMILES string of the molecule is O=S(=O)(CCc1ccccc1)Nc1cccn2cnnc12. The van der Waals surface area contributed by atoms with Crippen LogP contribution in [-0.4, -0.2) is 28.8 Å². The van der Waals surface area contributed by atoms with Crippen molar-refractivity contribution < 1.29 is 8.42 Å². The van der Waals surface area contributed by atoms with Gasteiger partial charge in [-0.05, 0) is 24.1 Å². The molecule has 0 saturated heterocycles. The summed E-state index contributed by atoms with van der Waals surface area (Å²) in [7, 11) is -3.43. The Morgan fingerprint density at radius 3 is 2.71 bits per heavy atom. The number of sulfonamides is 1. The van der Waals surface area contributed by atoms with Gasteiger partial charge in [-0.1, -0.05) is 30.3 Å². The van der Waals surface area contributed by atoms with Crippen LogP contribution >= 0.6 is 0 Å². The molecule has 6 nitrogen and oxygen atoms in total. The number of fused-ring (bicyclic) bond motifs is 1. The van der Waals surface area contributed by atoms with Gasteiger partial charge in [0.2, 0.25) is 10.0 Å². The molecule has 1 N–H and O–H groups in total. The van der Waals surface area contributed by atoms with Crippen LogP contribution in [0.3, 0.4) is 0 Å². The Morgan fingerprint density at radius 1 is 1.10 bits per heavy atom. The van der Waals surface area contributed by atoms with Crippen LogP contribution in [0.15, 0.2) is 55.0 Å². The van der Waals surface area contributed by atoms with Crippen molar-refractivity contribution in [3.8, 4) is 0 Å². The van der Waals surface area contributed by atoms with E-state index in [1.807, 2.05) is 30.3 Å². The van der Waals surface area contributed by atoms with Crippen molar-refractivity contribution in [2.45, 2.75) is 6.42 Å². The molecule has 0 fully saturated rings. The molecule has 0 spiro atoms. The minimum absolute atomic E-state index is 0.0200. The van der Waals surface area contributed by atoms with Crippen LogP contribution in [0.5, 0.6) is 0 Å². The van der Waals surface area contributed by atoms with Crippen molar-refractivity contribution in [3.63, 3.8) is 0 Å². The van der Waals surface area contributed by atoms with E-state index in [0.717, 1.165) is 5.56 Å². The highest BCUT2D eigenvalue weighted by molar-refractivity contribution is 7.92. The molecule has 3 rings (SSSR count). The second-order valence-electron chi connectivity index (χ2n) is 4.64. The van der Waals surface area contributed by atoms with E-state index in [0.29, 0.717) is 17.8 Å². The number of pyridine rings is 1. The number of hydrogen-bond donors (Lipinski definition) is 1. The van der Waals surface area contributed by atoms with E-state index >= 15 is 0 Å². The maximum atomic E-state index is 12.2. The predicted molar refractivity (Wildman–Crippen MR) is 80.5 cm³/mol. The number of anilines is 1. The zero-order valence-corrected chi connectivity index (χ0v) is 12.0. The average molecular weight is 302 g/mol. The summed E-state index contributed by atoms with van der Waals surface area (Å²) in [4.78, 5) is 0. The zero-order valence-electron chi connectivity index (χ0n) is 11.2. The van der Waals surface area contributed by atoms with Crippen LogP contribution in [0.2, 0.25) is 0 Å². The Morgan fingerprint density at radius 2 is 1.90 bits per heavy atom. The van der Waals surface area contributed by atoms with Gasteiger partial charge in [-0.2, -0.15) is 0 Å². The van der Waals surface area contributed by atoms with Crippen LogP contribution in [0.25, 0.3) is 5.65 Å². The number of rotatable bonds is 5. The summed E-state index contributed by atoms with van der Waals surface area (Å²) in [5, 5.41) is 7.67. The molecule has 0 atom stereocenters. The minimum Gasteiger partial charge on any atom is -0.287 e. The molecule has 2 heterocycles. The molecule has 0 amide bonds. The first-order valence-electron chi connectivity index (χ1n) is 6.47. The standard InChI is InChI=1S/C14H14N4O2S/c19-21(20,10-8-12-5-2-1-3-6-12)17-13-7-4-9-18-11-15-16-14(13)18/h1-7,9,11,17H,8,10H2. The van der Waals surface area contributed by atoms with Gasteiger partial charge in [0.1, 0.15) is 6.33 Å². The normalized spacial score (nSPS) is 11.6. The first-order valence-corrected chi connectivity index (χ1v) is 8.12. The monoisotopic (exact) mass is 302 g/mol. The van der Waals surface area contributed by atoms with E-state index in [9.17, 15) is 8.42 Å². The second kappa shape index (κ2) is 5.53. The van der Waals surface area contributed by atoms with Crippen molar-refractivity contribution in [1.82, 2.24) is 14.6 Å². The number of aryl methyl sites for hydroxylation is 1. The molecule has 0 saturated carbocycles. The third kappa shape index (κ3) is 3.19. The molecular weight excluding hydrogens is 288 g/mol. The van der Waals surface area contributed by atoms with Gasteiger partial charge in [0.15, 0.2) is 5.65 Å². The molecule has 3 aromatic rings. The highest BCUT2D eigenvalue weighted by Crippen LogP contribution is 2.15. The lowest BCUT2D eigenvalue weighted by molar-refractivity contribution is 0.600. The number of nitrogens with one attached hydrogen (secondary N) is 1. The summed E-state index contributed by atoms with van der Waals surface area (Å²) in [6, 6.07) is 12.9. The Balaban J connectivity index is 1.75. The molecule has 108 valence electrons. The molecule has 0 radical (unpaired) electrons. The second-order valence-corrected chi connectivity index (χ2v) is 6.48. The Labute approximate surface area is 122 Å². The number of nitrogens with zero attached hydrogens (tertiary/aromatic N) is 3. The lowest BCUT2D eigenvalue weighted by atomic mass is 10.2. The maximum absolute atomic E-state index is 12.2. The number of aromatic nitrogens is 3. The molecule has 0 aliphatic carbocycles. The van der Waals surface area contributed by atoms with E-state index in [-0.39, 0.29) is 5.75 Å². The molecule has 7 heteroatoms. The third-order valence-corrected chi connectivity index (χ3v) is 4.36. The Kier molecular flexibility index (Phi) is 3.57. The molecule has 0 aliphatic heterocycles. The van der Waals surface area contributed by atoms with Crippen molar-refractivity contribution in [2.24, 2.45) is 0 Å². The molecule has 0 unspecified atom stereocenters. The summed E-state index contributed by atoms with van der Waals surface area (Å²) in [5.41, 5.74) is 1.91. The summed E-state index contributed by atoms with van der Waals surface area (Å²) in [6.45, 7) is 0. The van der Waals surface area contributed by atoms with Crippen LogP contribution in [0.4, 0.5) is 5.69 Å².